The number of hydrogen-bond donors (Lipinski definition) is 1. The van der Waals surface area contributed by atoms with Gasteiger partial charge in [0.25, 0.3) is 0 Å². The number of benzene rings is 1. The summed E-state index contributed by atoms with van der Waals surface area (Å²) >= 11 is 0. The van der Waals surface area contributed by atoms with E-state index >= 15 is 0 Å². The van der Waals surface area contributed by atoms with Crippen molar-refractivity contribution >= 4 is 9.84 Å². The Bertz CT molecular complexity index is 452. The molecule has 1 fully saturated rings. The highest BCUT2D eigenvalue weighted by Gasteiger charge is 2.57. The van der Waals surface area contributed by atoms with E-state index in [4.69, 9.17) is 0 Å². The predicted octanol–water partition coefficient (Wildman–Crippen LogP) is 1.20. The van der Waals surface area contributed by atoms with E-state index in [0.717, 1.165) is 5.56 Å². The second-order valence-corrected chi connectivity index (χ2v) is 6.65. The van der Waals surface area contributed by atoms with Crippen LogP contribution in [-0.4, -0.2) is 31.1 Å². The predicted molar refractivity (Wildman–Crippen MR) is 63.0 cm³/mol. The van der Waals surface area contributed by atoms with Gasteiger partial charge in [0.05, 0.1) is 5.25 Å². The molecule has 0 bridgehead atoms. The first-order valence-electron chi connectivity index (χ1n) is 5.49. The van der Waals surface area contributed by atoms with Crippen molar-refractivity contribution < 1.29 is 13.5 Å². The molecule has 1 saturated carbocycles. The summed E-state index contributed by atoms with van der Waals surface area (Å²) in [5.41, 5.74) is 1.02. The molecular weight excluding hydrogens is 224 g/mol. The molecule has 1 aliphatic rings. The lowest BCUT2D eigenvalue weighted by Gasteiger charge is -1.99. The van der Waals surface area contributed by atoms with Gasteiger partial charge >= 0.3 is 0 Å². The summed E-state index contributed by atoms with van der Waals surface area (Å²) in [6, 6.07) is 9.57. The van der Waals surface area contributed by atoms with Gasteiger partial charge in [0.2, 0.25) is 0 Å². The molecule has 0 unspecified atom stereocenters. The molecule has 1 aromatic carbocycles. The lowest BCUT2D eigenvalue weighted by atomic mass is 10.1. The van der Waals surface area contributed by atoms with Gasteiger partial charge in [-0.25, -0.2) is 8.42 Å². The first kappa shape index (κ1) is 11.6. The van der Waals surface area contributed by atoms with Gasteiger partial charge in [0, 0.05) is 24.2 Å². The fourth-order valence-corrected chi connectivity index (χ4v) is 4.24. The average molecular weight is 240 g/mol. The molecule has 1 N–H and O–H groups in total. The minimum atomic E-state index is -3.04. The zero-order valence-corrected chi connectivity index (χ0v) is 10.0. The van der Waals surface area contributed by atoms with E-state index in [1.165, 1.54) is 0 Å². The number of hydrogen-bond acceptors (Lipinski definition) is 3. The van der Waals surface area contributed by atoms with Gasteiger partial charge in [-0.15, -0.1) is 0 Å². The van der Waals surface area contributed by atoms with Crippen molar-refractivity contribution in [2.45, 2.75) is 18.1 Å². The summed E-state index contributed by atoms with van der Waals surface area (Å²) in [5, 5.41) is 8.82. The van der Waals surface area contributed by atoms with Crippen molar-refractivity contribution in [2.75, 3.05) is 12.4 Å². The molecule has 1 aliphatic carbocycles. The van der Waals surface area contributed by atoms with Crippen LogP contribution in [0.2, 0.25) is 0 Å². The molecule has 0 spiro atoms. The van der Waals surface area contributed by atoms with E-state index in [1.807, 2.05) is 30.3 Å². The van der Waals surface area contributed by atoms with Crippen LogP contribution in [0.1, 0.15) is 18.4 Å². The molecule has 1 aromatic rings. The minimum Gasteiger partial charge on any atom is -0.396 e. The molecule has 0 saturated heterocycles. The van der Waals surface area contributed by atoms with Gasteiger partial charge in [0.15, 0.2) is 9.84 Å². The topological polar surface area (TPSA) is 54.4 Å². The second-order valence-electron chi connectivity index (χ2n) is 4.20. The highest BCUT2D eigenvalue weighted by atomic mass is 32.2. The van der Waals surface area contributed by atoms with Gasteiger partial charge in [-0.05, 0) is 5.56 Å². The average Bonchev–Trinajstić information content (AvgIpc) is 3.05. The van der Waals surface area contributed by atoms with Crippen molar-refractivity contribution in [2.24, 2.45) is 5.92 Å². The Balaban J connectivity index is 2.26. The molecule has 88 valence electrons. The Labute approximate surface area is 96.0 Å². The third kappa shape index (κ3) is 1.87. The van der Waals surface area contributed by atoms with Gasteiger partial charge in [0.1, 0.15) is 0 Å². The van der Waals surface area contributed by atoms with Crippen LogP contribution in [0.4, 0.5) is 0 Å². The van der Waals surface area contributed by atoms with Crippen molar-refractivity contribution in [3.8, 4) is 0 Å². The van der Waals surface area contributed by atoms with E-state index < -0.39 is 9.84 Å². The van der Waals surface area contributed by atoms with E-state index in [0.29, 0.717) is 0 Å². The first-order valence-corrected chi connectivity index (χ1v) is 7.20. The Morgan fingerprint density at radius 1 is 1.25 bits per heavy atom. The zero-order valence-electron chi connectivity index (χ0n) is 9.20. The highest BCUT2D eigenvalue weighted by molar-refractivity contribution is 7.92. The van der Waals surface area contributed by atoms with Crippen LogP contribution >= 0.6 is 0 Å². The first-order chi connectivity index (χ1) is 7.61. The molecule has 0 heterocycles. The number of sulfone groups is 1. The van der Waals surface area contributed by atoms with Crippen LogP contribution in [0.15, 0.2) is 30.3 Å². The van der Waals surface area contributed by atoms with Crippen LogP contribution in [0.5, 0.6) is 0 Å². The highest BCUT2D eigenvalue weighted by Crippen LogP contribution is 2.52. The number of aliphatic hydroxyl groups excluding tert-OH is 1. The standard InChI is InChI=1S/C12H16O3S/c1-2-16(14,15)12-10(8-13)11(12)9-6-4-3-5-7-9/h3-7,10-13H,2,8H2,1H3/t10-,11+,12-/m1/s1. The van der Waals surface area contributed by atoms with Crippen LogP contribution in [-0.2, 0) is 9.84 Å². The fraction of sp³-hybridized carbons (Fsp3) is 0.500. The number of rotatable bonds is 4. The largest absolute Gasteiger partial charge is 0.396 e. The molecule has 0 aliphatic heterocycles. The van der Waals surface area contributed by atoms with E-state index in [1.54, 1.807) is 6.92 Å². The molecule has 3 atom stereocenters. The summed E-state index contributed by atoms with van der Waals surface area (Å²) in [5.74, 6) is 0.0146. The summed E-state index contributed by atoms with van der Waals surface area (Å²) in [6.45, 7) is 1.60. The van der Waals surface area contributed by atoms with Crippen LogP contribution in [0, 0.1) is 5.92 Å². The lowest BCUT2D eigenvalue weighted by Crippen LogP contribution is -2.13. The van der Waals surface area contributed by atoms with Crippen molar-refractivity contribution in [3.63, 3.8) is 0 Å². The second kappa shape index (κ2) is 4.18. The molecule has 3 nitrogen and oxygen atoms in total. The summed E-state index contributed by atoms with van der Waals surface area (Å²) in [6.07, 6.45) is 0. The maximum absolute atomic E-state index is 11.8. The SMILES string of the molecule is CCS(=O)(=O)[C@@H]1[C@H](CO)[C@@H]1c1ccccc1. The van der Waals surface area contributed by atoms with E-state index in [2.05, 4.69) is 0 Å². The Hall–Kier alpha value is -0.870. The molecule has 2 rings (SSSR count). The smallest absolute Gasteiger partial charge is 0.153 e. The third-order valence-corrected chi connectivity index (χ3v) is 5.59. The molecule has 0 aromatic heterocycles. The van der Waals surface area contributed by atoms with E-state index in [-0.39, 0.29) is 29.4 Å². The molecular formula is C12H16O3S. The van der Waals surface area contributed by atoms with Crippen LogP contribution in [0.25, 0.3) is 0 Å². The normalized spacial score (nSPS) is 29.0. The summed E-state index contributed by atoms with van der Waals surface area (Å²) in [7, 11) is -3.04. The van der Waals surface area contributed by atoms with Gasteiger partial charge in [-0.1, -0.05) is 37.3 Å². The monoisotopic (exact) mass is 240 g/mol. The minimum absolute atomic E-state index is 0.0175. The van der Waals surface area contributed by atoms with E-state index in [9.17, 15) is 13.5 Å². The Morgan fingerprint density at radius 2 is 1.88 bits per heavy atom. The van der Waals surface area contributed by atoms with Gasteiger partial charge in [-0.3, -0.25) is 0 Å². The van der Waals surface area contributed by atoms with Crippen molar-refractivity contribution in [1.82, 2.24) is 0 Å². The molecule has 16 heavy (non-hydrogen) atoms. The van der Waals surface area contributed by atoms with Crippen molar-refractivity contribution in [3.05, 3.63) is 35.9 Å². The lowest BCUT2D eigenvalue weighted by molar-refractivity contribution is 0.274. The summed E-state index contributed by atoms with van der Waals surface area (Å²) in [4.78, 5) is 0. The molecule has 4 heteroatoms. The van der Waals surface area contributed by atoms with Crippen molar-refractivity contribution in [1.29, 1.82) is 0 Å². The molecule has 0 radical (unpaired) electrons. The maximum Gasteiger partial charge on any atom is 0.153 e. The third-order valence-electron chi connectivity index (χ3n) is 3.31. The van der Waals surface area contributed by atoms with Crippen LogP contribution < -0.4 is 0 Å². The Kier molecular flexibility index (Phi) is 3.04. The Morgan fingerprint density at radius 3 is 2.38 bits per heavy atom. The van der Waals surface area contributed by atoms with Gasteiger partial charge in [-0.2, -0.15) is 0 Å². The fourth-order valence-electron chi connectivity index (χ4n) is 2.35. The van der Waals surface area contributed by atoms with Gasteiger partial charge < -0.3 is 5.11 Å². The quantitative estimate of drug-likeness (QED) is 0.860. The van der Waals surface area contributed by atoms with Crippen LogP contribution in [0.3, 0.4) is 0 Å². The zero-order chi connectivity index (χ0) is 11.8. The number of aliphatic hydroxyl groups is 1. The molecule has 0 amide bonds. The summed E-state index contributed by atoms with van der Waals surface area (Å²) < 4.78 is 23.6. The maximum atomic E-state index is 11.8.